The summed E-state index contributed by atoms with van der Waals surface area (Å²) in [5.74, 6) is 0. The van der Waals surface area contributed by atoms with Crippen molar-refractivity contribution in [3.05, 3.63) is 0 Å². The zero-order valence-electron chi connectivity index (χ0n) is 11.9. The Labute approximate surface area is 116 Å². The van der Waals surface area contributed by atoms with E-state index in [1.807, 2.05) is 0 Å². The zero-order chi connectivity index (χ0) is 13.1. The Hall–Kier alpha value is -0.770. The highest BCUT2D eigenvalue weighted by atomic mass is 16.2. The van der Waals surface area contributed by atoms with Crippen molar-refractivity contribution >= 4 is 6.03 Å². The van der Waals surface area contributed by atoms with Crippen LogP contribution in [0, 0.1) is 0 Å². The molecule has 0 aromatic rings. The van der Waals surface area contributed by atoms with Crippen LogP contribution in [-0.2, 0) is 0 Å². The standard InChI is InChI=1S/C15H27N3O/c19-15-17(13-5-3-1-2-4-6-13)11-12-18(15)14-7-9-16-10-8-14/h13-14,16H,1-12H2. The van der Waals surface area contributed by atoms with Crippen molar-refractivity contribution in [2.75, 3.05) is 26.2 Å². The van der Waals surface area contributed by atoms with E-state index in [9.17, 15) is 4.79 Å². The van der Waals surface area contributed by atoms with E-state index in [1.54, 1.807) is 0 Å². The van der Waals surface area contributed by atoms with Crippen molar-refractivity contribution in [1.82, 2.24) is 15.1 Å². The van der Waals surface area contributed by atoms with Crippen LogP contribution in [0.5, 0.6) is 0 Å². The SMILES string of the molecule is O=C1N(C2CCCCCC2)CCN1C1CCNCC1. The van der Waals surface area contributed by atoms with Crippen molar-refractivity contribution in [2.45, 2.75) is 63.5 Å². The predicted molar refractivity (Wildman–Crippen MR) is 76.2 cm³/mol. The first kappa shape index (κ1) is 13.2. The van der Waals surface area contributed by atoms with Crippen LogP contribution < -0.4 is 5.32 Å². The van der Waals surface area contributed by atoms with E-state index in [0.29, 0.717) is 18.1 Å². The maximum Gasteiger partial charge on any atom is 0.320 e. The molecule has 2 aliphatic heterocycles. The molecule has 4 heteroatoms. The molecule has 3 aliphatic rings. The molecule has 0 aromatic carbocycles. The maximum atomic E-state index is 12.6. The molecule has 1 N–H and O–H groups in total. The second kappa shape index (κ2) is 6.12. The Morgan fingerprint density at radius 1 is 0.789 bits per heavy atom. The van der Waals surface area contributed by atoms with Crippen LogP contribution in [0.3, 0.4) is 0 Å². The predicted octanol–water partition coefficient (Wildman–Crippen LogP) is 2.20. The molecule has 0 radical (unpaired) electrons. The quantitative estimate of drug-likeness (QED) is 0.777. The fourth-order valence-electron chi connectivity index (χ4n) is 3.94. The van der Waals surface area contributed by atoms with Crippen LogP contribution in [-0.4, -0.2) is 54.1 Å². The minimum atomic E-state index is 0.332. The molecule has 2 saturated heterocycles. The lowest BCUT2D eigenvalue weighted by atomic mass is 10.1. The van der Waals surface area contributed by atoms with Crippen LogP contribution in [0.25, 0.3) is 0 Å². The van der Waals surface area contributed by atoms with E-state index in [4.69, 9.17) is 0 Å². The van der Waals surface area contributed by atoms with Crippen LogP contribution in [0.1, 0.15) is 51.4 Å². The molecular weight excluding hydrogens is 238 g/mol. The minimum Gasteiger partial charge on any atom is -0.320 e. The van der Waals surface area contributed by atoms with Gasteiger partial charge in [-0.2, -0.15) is 0 Å². The number of hydrogen-bond acceptors (Lipinski definition) is 2. The van der Waals surface area contributed by atoms with Gasteiger partial charge in [0.15, 0.2) is 0 Å². The Morgan fingerprint density at radius 2 is 1.32 bits per heavy atom. The van der Waals surface area contributed by atoms with Crippen LogP contribution in [0.15, 0.2) is 0 Å². The third-order valence-electron chi connectivity index (χ3n) is 5.09. The smallest absolute Gasteiger partial charge is 0.320 e. The fourth-order valence-corrected chi connectivity index (χ4v) is 3.94. The van der Waals surface area contributed by atoms with Gasteiger partial charge in [-0.25, -0.2) is 4.79 Å². The molecule has 3 fully saturated rings. The summed E-state index contributed by atoms with van der Waals surface area (Å²) in [6.07, 6.45) is 10.0. The molecule has 1 saturated carbocycles. The number of nitrogens with zero attached hydrogens (tertiary/aromatic N) is 2. The summed E-state index contributed by atoms with van der Waals surface area (Å²) in [5.41, 5.74) is 0. The third-order valence-corrected chi connectivity index (χ3v) is 5.09. The molecule has 0 aromatic heterocycles. The molecule has 0 unspecified atom stereocenters. The normalized spacial score (nSPS) is 27.9. The average molecular weight is 265 g/mol. The van der Waals surface area contributed by atoms with E-state index in [0.717, 1.165) is 39.0 Å². The number of hydrogen-bond donors (Lipinski definition) is 1. The molecule has 0 spiro atoms. The van der Waals surface area contributed by atoms with Gasteiger partial charge in [-0.05, 0) is 38.8 Å². The first-order chi connectivity index (χ1) is 9.36. The van der Waals surface area contributed by atoms with Gasteiger partial charge in [0.1, 0.15) is 0 Å². The summed E-state index contributed by atoms with van der Waals surface area (Å²) >= 11 is 0. The number of carbonyl (C=O) groups excluding carboxylic acids is 1. The molecule has 1 aliphatic carbocycles. The summed E-state index contributed by atoms with van der Waals surface area (Å²) in [6.45, 7) is 4.06. The summed E-state index contributed by atoms with van der Waals surface area (Å²) in [6, 6.07) is 1.35. The molecular formula is C15H27N3O. The molecule has 19 heavy (non-hydrogen) atoms. The van der Waals surface area contributed by atoms with Crippen molar-refractivity contribution in [2.24, 2.45) is 0 Å². The van der Waals surface area contributed by atoms with Crippen molar-refractivity contribution in [3.8, 4) is 0 Å². The van der Waals surface area contributed by atoms with Gasteiger partial charge in [-0.3, -0.25) is 0 Å². The number of piperidine rings is 1. The maximum absolute atomic E-state index is 12.6. The van der Waals surface area contributed by atoms with Gasteiger partial charge >= 0.3 is 6.03 Å². The zero-order valence-corrected chi connectivity index (χ0v) is 11.9. The van der Waals surface area contributed by atoms with E-state index in [1.165, 1.54) is 38.5 Å². The fraction of sp³-hybridized carbons (Fsp3) is 0.933. The largest absolute Gasteiger partial charge is 0.320 e. The third kappa shape index (κ3) is 2.88. The number of nitrogens with one attached hydrogen (secondary N) is 1. The molecule has 3 rings (SSSR count). The van der Waals surface area contributed by atoms with E-state index in [-0.39, 0.29) is 0 Å². The highest BCUT2D eigenvalue weighted by molar-refractivity contribution is 5.77. The second-order valence-corrected chi connectivity index (χ2v) is 6.30. The molecule has 2 amide bonds. The molecule has 0 bridgehead atoms. The number of rotatable bonds is 2. The first-order valence-electron chi connectivity index (χ1n) is 8.14. The van der Waals surface area contributed by atoms with Gasteiger partial charge in [0.2, 0.25) is 0 Å². The first-order valence-corrected chi connectivity index (χ1v) is 8.14. The summed E-state index contributed by atoms with van der Waals surface area (Å²) in [7, 11) is 0. The molecule has 108 valence electrons. The van der Waals surface area contributed by atoms with Gasteiger partial charge in [0.05, 0.1) is 0 Å². The highest BCUT2D eigenvalue weighted by Gasteiger charge is 2.37. The van der Waals surface area contributed by atoms with Crippen molar-refractivity contribution < 1.29 is 4.79 Å². The summed E-state index contributed by atoms with van der Waals surface area (Å²) in [4.78, 5) is 17.0. The Bertz CT molecular complexity index is 307. The number of urea groups is 1. The lowest BCUT2D eigenvalue weighted by Crippen LogP contribution is -2.46. The van der Waals surface area contributed by atoms with Gasteiger partial charge in [0.25, 0.3) is 0 Å². The molecule has 4 nitrogen and oxygen atoms in total. The second-order valence-electron chi connectivity index (χ2n) is 6.30. The Morgan fingerprint density at radius 3 is 1.89 bits per heavy atom. The number of amides is 2. The topological polar surface area (TPSA) is 35.6 Å². The van der Waals surface area contributed by atoms with Crippen LogP contribution >= 0.6 is 0 Å². The van der Waals surface area contributed by atoms with Crippen LogP contribution in [0.2, 0.25) is 0 Å². The van der Waals surface area contributed by atoms with Gasteiger partial charge in [-0.1, -0.05) is 25.7 Å². The summed E-state index contributed by atoms with van der Waals surface area (Å²) < 4.78 is 0. The Kier molecular flexibility index (Phi) is 4.26. The lowest BCUT2D eigenvalue weighted by Gasteiger charge is -2.32. The minimum absolute atomic E-state index is 0.332. The lowest BCUT2D eigenvalue weighted by molar-refractivity contribution is 0.152. The average Bonchev–Trinajstić information content (AvgIpc) is 2.67. The van der Waals surface area contributed by atoms with Gasteiger partial charge < -0.3 is 15.1 Å². The van der Waals surface area contributed by atoms with Crippen LogP contribution in [0.4, 0.5) is 4.79 Å². The summed E-state index contributed by atoms with van der Waals surface area (Å²) in [5, 5.41) is 3.38. The van der Waals surface area contributed by atoms with E-state index in [2.05, 4.69) is 15.1 Å². The molecule has 0 atom stereocenters. The molecule has 2 heterocycles. The van der Waals surface area contributed by atoms with Crippen molar-refractivity contribution in [3.63, 3.8) is 0 Å². The van der Waals surface area contributed by atoms with E-state index < -0.39 is 0 Å². The van der Waals surface area contributed by atoms with Crippen molar-refractivity contribution in [1.29, 1.82) is 0 Å². The Balaban J connectivity index is 1.60. The van der Waals surface area contributed by atoms with Gasteiger partial charge in [0, 0.05) is 25.2 Å². The van der Waals surface area contributed by atoms with Gasteiger partial charge in [-0.15, -0.1) is 0 Å². The highest BCUT2D eigenvalue weighted by Crippen LogP contribution is 2.27. The van der Waals surface area contributed by atoms with E-state index >= 15 is 0 Å². The number of carbonyl (C=O) groups is 1. The monoisotopic (exact) mass is 265 g/mol.